The number of rotatable bonds is 5. The molecule has 0 atom stereocenters. The van der Waals surface area contributed by atoms with Crippen molar-refractivity contribution in [2.75, 3.05) is 12.4 Å². The summed E-state index contributed by atoms with van der Waals surface area (Å²) < 4.78 is 31.8. The van der Waals surface area contributed by atoms with Gasteiger partial charge < -0.3 is 15.4 Å². The van der Waals surface area contributed by atoms with Crippen molar-refractivity contribution in [3.05, 3.63) is 11.9 Å². The van der Waals surface area contributed by atoms with Crippen molar-refractivity contribution in [2.24, 2.45) is 5.92 Å². The standard InChI is InChI=1S/C18H26F2N4O3/c1-27-13-4-2-12(3-5-13)22-17(26)15-14(10-21-24-15)23-16(25)11-6-8-18(19,20)9-7-11/h10-13H,2-9H2,1H3,(H,21,24)(H,22,26)(H,23,25)/t12-,13-. The van der Waals surface area contributed by atoms with E-state index in [0.717, 1.165) is 25.7 Å². The molecule has 2 aliphatic carbocycles. The van der Waals surface area contributed by atoms with Gasteiger partial charge in [0.15, 0.2) is 5.69 Å². The zero-order valence-corrected chi connectivity index (χ0v) is 15.4. The van der Waals surface area contributed by atoms with E-state index in [9.17, 15) is 18.4 Å². The van der Waals surface area contributed by atoms with Crippen molar-refractivity contribution in [3.63, 3.8) is 0 Å². The summed E-state index contributed by atoms with van der Waals surface area (Å²) >= 11 is 0. The first-order valence-electron chi connectivity index (χ1n) is 9.44. The molecule has 7 nitrogen and oxygen atoms in total. The fraction of sp³-hybridized carbons (Fsp3) is 0.722. The highest BCUT2D eigenvalue weighted by molar-refractivity contribution is 6.02. The average molecular weight is 384 g/mol. The number of amides is 2. The number of nitrogens with one attached hydrogen (secondary N) is 3. The molecule has 2 fully saturated rings. The van der Waals surface area contributed by atoms with Gasteiger partial charge in [0.1, 0.15) is 0 Å². The number of carbonyl (C=O) groups excluding carboxylic acids is 2. The third-order valence-corrected chi connectivity index (χ3v) is 5.54. The smallest absolute Gasteiger partial charge is 0.274 e. The molecule has 1 aromatic heterocycles. The van der Waals surface area contributed by atoms with E-state index in [-0.39, 0.29) is 61.0 Å². The molecule has 0 aromatic carbocycles. The monoisotopic (exact) mass is 384 g/mol. The lowest BCUT2D eigenvalue weighted by atomic mass is 9.86. The fourth-order valence-corrected chi connectivity index (χ4v) is 3.79. The zero-order valence-electron chi connectivity index (χ0n) is 15.4. The lowest BCUT2D eigenvalue weighted by Crippen LogP contribution is -2.39. The van der Waals surface area contributed by atoms with Gasteiger partial charge in [-0.05, 0) is 38.5 Å². The number of carbonyl (C=O) groups is 2. The van der Waals surface area contributed by atoms with Crippen molar-refractivity contribution in [2.45, 2.75) is 69.4 Å². The summed E-state index contributed by atoms with van der Waals surface area (Å²) in [5.74, 6) is -3.86. The van der Waals surface area contributed by atoms with Crippen molar-refractivity contribution < 1.29 is 23.1 Å². The van der Waals surface area contributed by atoms with Crippen molar-refractivity contribution >= 4 is 17.5 Å². The van der Waals surface area contributed by atoms with Crippen LogP contribution < -0.4 is 10.6 Å². The highest BCUT2D eigenvalue weighted by Gasteiger charge is 2.37. The molecule has 9 heteroatoms. The first-order valence-corrected chi connectivity index (χ1v) is 9.44. The van der Waals surface area contributed by atoms with Crippen molar-refractivity contribution in [1.82, 2.24) is 15.5 Å². The Balaban J connectivity index is 1.54. The van der Waals surface area contributed by atoms with Crippen LogP contribution in [0.25, 0.3) is 0 Å². The molecule has 2 aliphatic rings. The maximum Gasteiger partial charge on any atom is 0.274 e. The van der Waals surface area contributed by atoms with Gasteiger partial charge in [-0.15, -0.1) is 0 Å². The Kier molecular flexibility index (Phi) is 6.08. The van der Waals surface area contributed by atoms with Crippen LogP contribution in [0.4, 0.5) is 14.5 Å². The SMILES string of the molecule is CO[C@H]1CC[C@H](NC(=O)c2n[nH]cc2NC(=O)C2CCC(F)(F)CC2)CC1. The molecule has 27 heavy (non-hydrogen) atoms. The maximum absolute atomic E-state index is 13.3. The van der Waals surface area contributed by atoms with Gasteiger partial charge in [-0.1, -0.05) is 0 Å². The van der Waals surface area contributed by atoms with Crippen molar-refractivity contribution in [1.29, 1.82) is 0 Å². The Bertz CT molecular complexity index is 661. The van der Waals surface area contributed by atoms with E-state index in [0.29, 0.717) is 0 Å². The van der Waals surface area contributed by atoms with Crippen LogP contribution in [0.2, 0.25) is 0 Å². The molecule has 0 bridgehead atoms. The van der Waals surface area contributed by atoms with Gasteiger partial charge in [0, 0.05) is 38.1 Å². The van der Waals surface area contributed by atoms with Crippen LogP contribution >= 0.6 is 0 Å². The summed E-state index contributed by atoms with van der Waals surface area (Å²) in [4.78, 5) is 24.9. The molecule has 3 N–H and O–H groups in total. The molecule has 0 radical (unpaired) electrons. The van der Waals surface area contributed by atoms with E-state index < -0.39 is 11.8 Å². The molecule has 0 spiro atoms. The number of anilines is 1. The van der Waals surface area contributed by atoms with Crippen LogP contribution in [0.1, 0.15) is 61.9 Å². The quantitative estimate of drug-likeness (QED) is 0.727. The minimum atomic E-state index is -2.68. The number of aromatic nitrogens is 2. The molecule has 3 rings (SSSR count). The predicted octanol–water partition coefficient (Wildman–Crippen LogP) is 2.86. The number of hydrogen-bond acceptors (Lipinski definition) is 4. The number of nitrogens with zero attached hydrogens (tertiary/aromatic N) is 1. The second-order valence-electron chi connectivity index (χ2n) is 7.45. The number of halogens is 2. The Labute approximate surface area is 156 Å². The summed E-state index contributed by atoms with van der Waals surface area (Å²) in [5.41, 5.74) is 0.388. The first kappa shape index (κ1) is 19.7. The molecule has 150 valence electrons. The minimum absolute atomic E-state index is 0.0460. The number of hydrogen-bond donors (Lipinski definition) is 3. The molecule has 0 unspecified atom stereocenters. The van der Waals surface area contributed by atoms with E-state index in [2.05, 4.69) is 20.8 Å². The lowest BCUT2D eigenvalue weighted by molar-refractivity contribution is -0.124. The fourth-order valence-electron chi connectivity index (χ4n) is 3.79. The number of ether oxygens (including phenoxy) is 1. The topological polar surface area (TPSA) is 96.1 Å². The summed E-state index contributed by atoms with van der Waals surface area (Å²) in [7, 11) is 1.69. The normalized spacial score (nSPS) is 25.7. The van der Waals surface area contributed by atoms with Crippen LogP contribution in [-0.4, -0.2) is 47.2 Å². The lowest BCUT2D eigenvalue weighted by Gasteiger charge is -2.28. The summed E-state index contributed by atoms with van der Waals surface area (Å²) in [6.45, 7) is 0. The molecular weight excluding hydrogens is 358 g/mol. The molecule has 2 amide bonds. The van der Waals surface area contributed by atoms with Crippen LogP contribution in [0.5, 0.6) is 0 Å². The van der Waals surface area contributed by atoms with E-state index in [4.69, 9.17) is 4.74 Å². The van der Waals surface area contributed by atoms with Crippen LogP contribution in [0.3, 0.4) is 0 Å². The van der Waals surface area contributed by atoms with Crippen LogP contribution in [-0.2, 0) is 9.53 Å². The first-order chi connectivity index (χ1) is 12.9. The van der Waals surface area contributed by atoms with Gasteiger partial charge in [-0.2, -0.15) is 5.10 Å². The second kappa shape index (κ2) is 8.33. The molecule has 1 heterocycles. The molecule has 0 saturated heterocycles. The molecule has 2 saturated carbocycles. The maximum atomic E-state index is 13.3. The van der Waals surface area contributed by atoms with E-state index >= 15 is 0 Å². The average Bonchev–Trinajstić information content (AvgIpc) is 3.10. The van der Waals surface area contributed by atoms with Gasteiger partial charge in [-0.25, -0.2) is 8.78 Å². The van der Waals surface area contributed by atoms with Gasteiger partial charge in [0.05, 0.1) is 11.8 Å². The number of aromatic amines is 1. The van der Waals surface area contributed by atoms with Gasteiger partial charge >= 0.3 is 0 Å². The third-order valence-electron chi connectivity index (χ3n) is 5.54. The highest BCUT2D eigenvalue weighted by Crippen LogP contribution is 2.36. The Morgan fingerprint density at radius 2 is 1.85 bits per heavy atom. The largest absolute Gasteiger partial charge is 0.381 e. The predicted molar refractivity (Wildman–Crippen MR) is 94.6 cm³/mol. The highest BCUT2D eigenvalue weighted by atomic mass is 19.3. The van der Waals surface area contributed by atoms with E-state index in [1.807, 2.05) is 0 Å². The Hall–Kier alpha value is -2.03. The number of alkyl halides is 2. The Morgan fingerprint density at radius 1 is 1.19 bits per heavy atom. The molecule has 0 aliphatic heterocycles. The van der Waals surface area contributed by atoms with Crippen molar-refractivity contribution in [3.8, 4) is 0 Å². The third kappa shape index (κ3) is 5.03. The zero-order chi connectivity index (χ0) is 19.4. The van der Waals surface area contributed by atoms with Gasteiger partial charge in [0.25, 0.3) is 5.91 Å². The summed E-state index contributed by atoms with van der Waals surface area (Å²) in [6.07, 6.45) is 4.81. The number of H-pyrrole nitrogens is 1. The van der Waals surface area contributed by atoms with Crippen LogP contribution in [0, 0.1) is 5.92 Å². The summed E-state index contributed by atoms with van der Waals surface area (Å²) in [6, 6.07) is 0.0460. The van der Waals surface area contributed by atoms with E-state index in [1.165, 1.54) is 6.20 Å². The second-order valence-corrected chi connectivity index (χ2v) is 7.45. The van der Waals surface area contributed by atoms with E-state index in [1.54, 1.807) is 7.11 Å². The molecule has 1 aromatic rings. The Morgan fingerprint density at radius 3 is 2.48 bits per heavy atom. The summed E-state index contributed by atoms with van der Waals surface area (Å²) in [5, 5.41) is 12.1. The minimum Gasteiger partial charge on any atom is -0.381 e. The van der Waals surface area contributed by atoms with Crippen LogP contribution in [0.15, 0.2) is 6.20 Å². The van der Waals surface area contributed by atoms with Gasteiger partial charge in [0.2, 0.25) is 11.8 Å². The number of methoxy groups -OCH3 is 1. The van der Waals surface area contributed by atoms with Gasteiger partial charge in [-0.3, -0.25) is 14.7 Å². The molecular formula is C18H26F2N4O3.